The monoisotopic (exact) mass is 262 g/mol. The van der Waals surface area contributed by atoms with Gasteiger partial charge in [-0.25, -0.2) is 0 Å². The molecule has 0 spiro atoms. The summed E-state index contributed by atoms with van der Waals surface area (Å²) in [6.07, 6.45) is 1.43. The number of nitrogens with one attached hydrogen (secondary N) is 1. The summed E-state index contributed by atoms with van der Waals surface area (Å²) in [6, 6.07) is 9.37. The predicted octanol–water partition coefficient (Wildman–Crippen LogP) is 2.97. The Bertz CT molecular complexity index is 377. The summed E-state index contributed by atoms with van der Waals surface area (Å²) in [7, 11) is 0. The number of nitrogens with zero attached hydrogens (tertiary/aromatic N) is 1. The van der Waals surface area contributed by atoms with Gasteiger partial charge in [0, 0.05) is 31.4 Å². The van der Waals surface area contributed by atoms with Crippen LogP contribution in [0.4, 0.5) is 5.69 Å². The average Bonchev–Trinajstić information content (AvgIpc) is 2.64. The van der Waals surface area contributed by atoms with Crippen LogP contribution in [0.1, 0.15) is 38.8 Å². The molecule has 3 heteroatoms. The molecular formula is C16H26N2O. The maximum atomic E-state index is 5.70. The van der Waals surface area contributed by atoms with Crippen LogP contribution in [0, 0.1) is 0 Å². The summed E-state index contributed by atoms with van der Waals surface area (Å²) < 4.78 is 5.70. The summed E-state index contributed by atoms with van der Waals surface area (Å²) in [4.78, 5) is 2.43. The van der Waals surface area contributed by atoms with Crippen molar-refractivity contribution in [2.75, 3.05) is 31.1 Å². The van der Waals surface area contributed by atoms with Crippen molar-refractivity contribution in [3.05, 3.63) is 29.8 Å². The molecule has 1 heterocycles. The molecule has 106 valence electrons. The van der Waals surface area contributed by atoms with E-state index in [1.54, 1.807) is 0 Å². The molecule has 2 atom stereocenters. The third-order valence-corrected chi connectivity index (χ3v) is 3.72. The van der Waals surface area contributed by atoms with Gasteiger partial charge < -0.3 is 15.0 Å². The third-order valence-electron chi connectivity index (χ3n) is 3.72. The highest BCUT2D eigenvalue weighted by Crippen LogP contribution is 2.21. The van der Waals surface area contributed by atoms with E-state index in [1.807, 2.05) is 0 Å². The molecule has 1 aliphatic rings. The molecule has 1 aromatic carbocycles. The molecule has 0 saturated carbocycles. The minimum absolute atomic E-state index is 0.322. The molecule has 1 saturated heterocycles. The molecular weight excluding hydrogens is 236 g/mol. The lowest BCUT2D eigenvalue weighted by Gasteiger charge is -2.25. The first-order valence-corrected chi connectivity index (χ1v) is 7.40. The minimum Gasteiger partial charge on any atom is -0.377 e. The maximum Gasteiger partial charge on any atom is 0.0721 e. The van der Waals surface area contributed by atoms with Crippen molar-refractivity contribution in [3.8, 4) is 0 Å². The highest BCUT2D eigenvalue weighted by Gasteiger charge is 2.15. The van der Waals surface area contributed by atoms with Gasteiger partial charge in [0.05, 0.1) is 6.10 Å². The van der Waals surface area contributed by atoms with E-state index in [9.17, 15) is 0 Å². The average molecular weight is 262 g/mol. The van der Waals surface area contributed by atoms with Crippen LogP contribution in [-0.2, 0) is 4.74 Å². The van der Waals surface area contributed by atoms with E-state index in [4.69, 9.17) is 4.74 Å². The molecule has 0 aromatic heterocycles. The summed E-state index contributed by atoms with van der Waals surface area (Å²) >= 11 is 0. The number of benzene rings is 1. The van der Waals surface area contributed by atoms with Crippen molar-refractivity contribution in [3.63, 3.8) is 0 Å². The molecule has 1 aromatic rings. The van der Waals surface area contributed by atoms with Gasteiger partial charge in [0.2, 0.25) is 0 Å². The minimum atomic E-state index is 0.322. The van der Waals surface area contributed by atoms with Crippen LogP contribution in [0.15, 0.2) is 24.3 Å². The normalized spacial score (nSPS) is 22.1. The Labute approximate surface area is 116 Å². The van der Waals surface area contributed by atoms with E-state index in [2.05, 4.69) is 55.3 Å². The summed E-state index contributed by atoms with van der Waals surface area (Å²) in [5.41, 5.74) is 2.66. The van der Waals surface area contributed by atoms with Crippen LogP contribution in [-0.4, -0.2) is 32.3 Å². The number of ether oxygens (including phenoxy) is 1. The largest absolute Gasteiger partial charge is 0.377 e. The van der Waals surface area contributed by atoms with Gasteiger partial charge in [0.1, 0.15) is 0 Å². The molecule has 0 bridgehead atoms. The number of hydrogen-bond acceptors (Lipinski definition) is 3. The van der Waals surface area contributed by atoms with Crippen LogP contribution >= 0.6 is 0 Å². The maximum absolute atomic E-state index is 5.70. The van der Waals surface area contributed by atoms with Crippen molar-refractivity contribution < 1.29 is 4.74 Å². The number of anilines is 1. The van der Waals surface area contributed by atoms with Crippen molar-refractivity contribution >= 4 is 5.69 Å². The summed E-state index contributed by atoms with van der Waals surface area (Å²) in [6.45, 7) is 10.5. The summed E-state index contributed by atoms with van der Waals surface area (Å²) in [5.74, 6) is 0. The zero-order valence-electron chi connectivity index (χ0n) is 12.4. The molecule has 1 aliphatic heterocycles. The molecule has 2 unspecified atom stereocenters. The zero-order valence-corrected chi connectivity index (χ0v) is 12.4. The van der Waals surface area contributed by atoms with Crippen molar-refractivity contribution in [1.29, 1.82) is 0 Å². The van der Waals surface area contributed by atoms with Crippen molar-refractivity contribution in [2.24, 2.45) is 0 Å². The lowest BCUT2D eigenvalue weighted by Crippen LogP contribution is -2.30. The molecule has 0 amide bonds. The topological polar surface area (TPSA) is 24.5 Å². The SMILES string of the molecule is CCNC(C)c1ccc(N2CCCOC(C)C2)cc1. The second kappa shape index (κ2) is 6.92. The Hall–Kier alpha value is -1.06. The first-order valence-electron chi connectivity index (χ1n) is 7.40. The summed E-state index contributed by atoms with van der Waals surface area (Å²) in [5, 5.41) is 3.44. The van der Waals surface area contributed by atoms with Gasteiger partial charge in [-0.2, -0.15) is 0 Å². The standard InChI is InChI=1S/C16H26N2O/c1-4-17-14(3)15-6-8-16(9-7-15)18-10-5-11-19-13(2)12-18/h6-9,13-14,17H,4-5,10-12H2,1-3H3. The Balaban J connectivity index is 2.04. The highest BCUT2D eigenvalue weighted by molar-refractivity contribution is 5.48. The van der Waals surface area contributed by atoms with Crippen LogP contribution in [0.3, 0.4) is 0 Å². The fourth-order valence-corrected chi connectivity index (χ4v) is 2.63. The molecule has 0 aliphatic carbocycles. The van der Waals surface area contributed by atoms with Crippen molar-refractivity contribution in [2.45, 2.75) is 39.3 Å². The van der Waals surface area contributed by atoms with E-state index in [0.29, 0.717) is 12.1 Å². The van der Waals surface area contributed by atoms with Gasteiger partial charge in [0.15, 0.2) is 0 Å². The van der Waals surface area contributed by atoms with Gasteiger partial charge in [-0.05, 0) is 44.5 Å². The van der Waals surface area contributed by atoms with Gasteiger partial charge in [-0.15, -0.1) is 0 Å². The van der Waals surface area contributed by atoms with Crippen molar-refractivity contribution in [1.82, 2.24) is 5.32 Å². The Morgan fingerprint density at radius 1 is 1.37 bits per heavy atom. The van der Waals surface area contributed by atoms with E-state index in [-0.39, 0.29) is 0 Å². The Kier molecular flexibility index (Phi) is 5.23. The second-order valence-corrected chi connectivity index (χ2v) is 5.35. The fourth-order valence-electron chi connectivity index (χ4n) is 2.63. The molecule has 3 nitrogen and oxygen atoms in total. The van der Waals surface area contributed by atoms with Crippen LogP contribution < -0.4 is 10.2 Å². The van der Waals surface area contributed by atoms with E-state index in [1.165, 1.54) is 11.3 Å². The van der Waals surface area contributed by atoms with Crippen LogP contribution in [0.5, 0.6) is 0 Å². The van der Waals surface area contributed by atoms with E-state index < -0.39 is 0 Å². The third kappa shape index (κ3) is 3.95. The highest BCUT2D eigenvalue weighted by atomic mass is 16.5. The van der Waals surface area contributed by atoms with E-state index in [0.717, 1.165) is 32.7 Å². The van der Waals surface area contributed by atoms with Gasteiger partial charge >= 0.3 is 0 Å². The first-order chi connectivity index (χ1) is 9.20. The quantitative estimate of drug-likeness (QED) is 0.903. The van der Waals surface area contributed by atoms with Gasteiger partial charge in [0.25, 0.3) is 0 Å². The van der Waals surface area contributed by atoms with Gasteiger partial charge in [-0.3, -0.25) is 0 Å². The Morgan fingerprint density at radius 2 is 2.11 bits per heavy atom. The number of rotatable bonds is 4. The zero-order chi connectivity index (χ0) is 13.7. The first kappa shape index (κ1) is 14.4. The second-order valence-electron chi connectivity index (χ2n) is 5.35. The lowest BCUT2D eigenvalue weighted by atomic mass is 10.1. The molecule has 1 fully saturated rings. The van der Waals surface area contributed by atoms with E-state index >= 15 is 0 Å². The number of hydrogen-bond donors (Lipinski definition) is 1. The predicted molar refractivity (Wildman–Crippen MR) is 80.8 cm³/mol. The smallest absolute Gasteiger partial charge is 0.0721 e. The molecule has 1 N–H and O–H groups in total. The van der Waals surface area contributed by atoms with Crippen LogP contribution in [0.2, 0.25) is 0 Å². The Morgan fingerprint density at radius 3 is 2.79 bits per heavy atom. The molecule has 0 radical (unpaired) electrons. The molecule has 19 heavy (non-hydrogen) atoms. The molecule has 2 rings (SSSR count). The lowest BCUT2D eigenvalue weighted by molar-refractivity contribution is 0.0821. The van der Waals surface area contributed by atoms with Crippen LogP contribution in [0.25, 0.3) is 0 Å². The fraction of sp³-hybridized carbons (Fsp3) is 0.625. The van der Waals surface area contributed by atoms with Gasteiger partial charge in [-0.1, -0.05) is 19.1 Å².